The Kier molecular flexibility index (Phi) is 4.52. The zero-order valence-corrected chi connectivity index (χ0v) is 9.64. The van der Waals surface area contributed by atoms with Gasteiger partial charge in [-0.15, -0.1) is 13.2 Å². The molecule has 1 rings (SSSR count). The number of ether oxygens (including phenoxy) is 2. The quantitative estimate of drug-likeness (QED) is 0.671. The van der Waals surface area contributed by atoms with Crippen LogP contribution in [0.5, 0.6) is 5.75 Å². The SMILES string of the molecule is COC(=O)Cc1cc(=O)[nH]c(CF)c1OC(F)(F)F. The molecule has 106 valence electrons. The maximum atomic E-state index is 12.6. The Bertz CT molecular complexity index is 523. The van der Waals surface area contributed by atoms with Crippen molar-refractivity contribution in [3.63, 3.8) is 0 Å². The number of carbonyl (C=O) groups is 1. The standard InChI is InChI=1S/C10H9F4NO4/c1-18-8(17)3-5-2-7(16)15-6(4-11)9(5)19-10(12,13)14/h2H,3-4H2,1H3,(H,15,16). The largest absolute Gasteiger partial charge is 0.573 e. The number of H-pyrrole nitrogens is 1. The second-order valence-electron chi connectivity index (χ2n) is 3.40. The van der Waals surface area contributed by atoms with Crippen molar-refractivity contribution >= 4 is 5.97 Å². The average molecular weight is 283 g/mol. The van der Waals surface area contributed by atoms with Crippen LogP contribution in [0.2, 0.25) is 0 Å². The molecule has 0 amide bonds. The van der Waals surface area contributed by atoms with Gasteiger partial charge in [0, 0.05) is 11.6 Å². The first-order chi connectivity index (χ1) is 8.76. The molecular formula is C10H9F4NO4. The number of aromatic nitrogens is 1. The Labute approximate surface area is 104 Å². The first-order valence-corrected chi connectivity index (χ1v) is 4.90. The Hall–Kier alpha value is -2.06. The number of aromatic amines is 1. The van der Waals surface area contributed by atoms with Gasteiger partial charge in [0.25, 0.3) is 0 Å². The molecule has 1 aromatic heterocycles. The number of hydrogen-bond acceptors (Lipinski definition) is 4. The van der Waals surface area contributed by atoms with E-state index in [1.165, 1.54) is 0 Å². The van der Waals surface area contributed by atoms with E-state index >= 15 is 0 Å². The van der Waals surface area contributed by atoms with E-state index in [1.54, 1.807) is 0 Å². The molecule has 0 fully saturated rings. The zero-order chi connectivity index (χ0) is 14.6. The topological polar surface area (TPSA) is 68.4 Å². The smallest absolute Gasteiger partial charge is 0.469 e. The van der Waals surface area contributed by atoms with E-state index in [2.05, 4.69) is 9.47 Å². The minimum absolute atomic E-state index is 0.402. The Morgan fingerprint density at radius 3 is 2.53 bits per heavy atom. The highest BCUT2D eigenvalue weighted by molar-refractivity contribution is 5.73. The minimum atomic E-state index is -5.08. The Balaban J connectivity index is 3.29. The molecule has 0 aliphatic heterocycles. The van der Waals surface area contributed by atoms with Gasteiger partial charge in [0.15, 0.2) is 5.75 Å². The van der Waals surface area contributed by atoms with Crippen molar-refractivity contribution in [3.8, 4) is 5.75 Å². The molecule has 1 heterocycles. The van der Waals surface area contributed by atoms with Crippen molar-refractivity contribution in [1.82, 2.24) is 4.98 Å². The van der Waals surface area contributed by atoms with Crippen molar-refractivity contribution in [3.05, 3.63) is 27.7 Å². The lowest BCUT2D eigenvalue weighted by Gasteiger charge is -2.15. The molecule has 0 aliphatic rings. The molecule has 1 N–H and O–H groups in total. The molecule has 1 aromatic rings. The van der Waals surface area contributed by atoms with E-state index < -0.39 is 48.0 Å². The van der Waals surface area contributed by atoms with E-state index in [1.807, 2.05) is 4.98 Å². The number of hydrogen-bond donors (Lipinski definition) is 1. The minimum Gasteiger partial charge on any atom is -0.469 e. The van der Waals surface area contributed by atoms with Crippen LogP contribution in [0, 0.1) is 0 Å². The molecule has 0 saturated carbocycles. The predicted molar refractivity (Wildman–Crippen MR) is 54.3 cm³/mol. The highest BCUT2D eigenvalue weighted by Gasteiger charge is 2.34. The third kappa shape index (κ3) is 4.27. The molecule has 0 radical (unpaired) electrons. The number of halogens is 4. The van der Waals surface area contributed by atoms with E-state index in [0.29, 0.717) is 0 Å². The highest BCUT2D eigenvalue weighted by atomic mass is 19.4. The van der Waals surface area contributed by atoms with Gasteiger partial charge >= 0.3 is 12.3 Å². The molecule has 5 nitrogen and oxygen atoms in total. The first kappa shape index (κ1) is 15.0. The lowest BCUT2D eigenvalue weighted by Crippen LogP contribution is -2.22. The van der Waals surface area contributed by atoms with Gasteiger partial charge in [-0.05, 0) is 0 Å². The van der Waals surface area contributed by atoms with E-state index in [9.17, 15) is 27.2 Å². The summed E-state index contributed by atoms with van der Waals surface area (Å²) in [6.45, 7) is -1.38. The molecule has 0 bridgehead atoms. The van der Waals surface area contributed by atoms with Crippen LogP contribution in [0.25, 0.3) is 0 Å². The monoisotopic (exact) mass is 283 g/mol. The lowest BCUT2D eigenvalue weighted by atomic mass is 10.1. The van der Waals surface area contributed by atoms with Gasteiger partial charge in [-0.3, -0.25) is 9.59 Å². The number of rotatable bonds is 4. The number of alkyl halides is 4. The molecule has 0 aliphatic carbocycles. The normalized spacial score (nSPS) is 11.2. The van der Waals surface area contributed by atoms with E-state index in [4.69, 9.17) is 0 Å². The molecule has 0 aromatic carbocycles. The highest BCUT2D eigenvalue weighted by Crippen LogP contribution is 2.29. The number of esters is 1. The summed E-state index contributed by atoms with van der Waals surface area (Å²) in [5.74, 6) is -1.82. The number of methoxy groups -OCH3 is 1. The molecular weight excluding hydrogens is 274 g/mol. The molecule has 0 unspecified atom stereocenters. The van der Waals surface area contributed by atoms with Crippen LogP contribution in [-0.2, 0) is 22.6 Å². The second-order valence-corrected chi connectivity index (χ2v) is 3.40. The summed E-state index contributed by atoms with van der Waals surface area (Å²) in [6, 6.07) is 0.719. The van der Waals surface area contributed by atoms with Crippen LogP contribution >= 0.6 is 0 Å². The van der Waals surface area contributed by atoms with Crippen molar-refractivity contribution in [1.29, 1.82) is 0 Å². The molecule has 19 heavy (non-hydrogen) atoms. The van der Waals surface area contributed by atoms with Gasteiger partial charge in [0.05, 0.1) is 19.2 Å². The van der Waals surface area contributed by atoms with Gasteiger partial charge in [0.1, 0.15) is 6.67 Å². The fraction of sp³-hybridized carbons (Fsp3) is 0.400. The van der Waals surface area contributed by atoms with Crippen LogP contribution in [0.1, 0.15) is 11.3 Å². The Morgan fingerprint density at radius 1 is 1.42 bits per heavy atom. The van der Waals surface area contributed by atoms with Gasteiger partial charge in [-0.25, -0.2) is 4.39 Å². The van der Waals surface area contributed by atoms with Crippen LogP contribution in [0.3, 0.4) is 0 Å². The summed E-state index contributed by atoms with van der Waals surface area (Å²) in [5.41, 5.74) is -1.94. The average Bonchev–Trinajstić information content (AvgIpc) is 2.30. The molecule has 9 heteroatoms. The van der Waals surface area contributed by atoms with Crippen molar-refractivity contribution in [2.45, 2.75) is 19.5 Å². The third-order valence-electron chi connectivity index (χ3n) is 2.06. The number of carbonyl (C=O) groups excluding carboxylic acids is 1. The van der Waals surface area contributed by atoms with Crippen LogP contribution in [0.4, 0.5) is 17.6 Å². The number of pyridine rings is 1. The van der Waals surface area contributed by atoms with Crippen molar-refractivity contribution in [2.75, 3.05) is 7.11 Å². The van der Waals surface area contributed by atoms with E-state index in [-0.39, 0.29) is 0 Å². The van der Waals surface area contributed by atoms with Crippen LogP contribution < -0.4 is 10.3 Å². The molecule has 0 saturated heterocycles. The summed E-state index contributed by atoms with van der Waals surface area (Å²) in [4.78, 5) is 24.1. The van der Waals surface area contributed by atoms with Crippen LogP contribution in [0.15, 0.2) is 10.9 Å². The second kappa shape index (κ2) is 5.72. The maximum Gasteiger partial charge on any atom is 0.573 e. The summed E-state index contributed by atoms with van der Waals surface area (Å²) in [7, 11) is 1.02. The lowest BCUT2D eigenvalue weighted by molar-refractivity contribution is -0.275. The number of nitrogens with one attached hydrogen (secondary N) is 1. The van der Waals surface area contributed by atoms with Gasteiger partial charge < -0.3 is 14.5 Å². The van der Waals surface area contributed by atoms with Gasteiger partial charge in [0.2, 0.25) is 5.56 Å². The zero-order valence-electron chi connectivity index (χ0n) is 9.64. The third-order valence-corrected chi connectivity index (χ3v) is 2.06. The summed E-state index contributed by atoms with van der Waals surface area (Å²) >= 11 is 0. The molecule has 0 spiro atoms. The summed E-state index contributed by atoms with van der Waals surface area (Å²) < 4.78 is 57.1. The van der Waals surface area contributed by atoms with Crippen molar-refractivity contribution < 1.29 is 31.8 Å². The van der Waals surface area contributed by atoms with Gasteiger partial charge in [-0.2, -0.15) is 0 Å². The summed E-state index contributed by atoms with van der Waals surface area (Å²) in [5, 5.41) is 0. The fourth-order valence-electron chi connectivity index (χ4n) is 1.36. The molecule has 0 atom stereocenters. The predicted octanol–water partition coefficient (Wildman–Crippen LogP) is 1.46. The Morgan fingerprint density at radius 2 is 2.05 bits per heavy atom. The fourth-order valence-corrected chi connectivity index (χ4v) is 1.36. The first-order valence-electron chi connectivity index (χ1n) is 4.90. The van der Waals surface area contributed by atoms with Gasteiger partial charge in [-0.1, -0.05) is 0 Å². The van der Waals surface area contributed by atoms with E-state index in [0.717, 1.165) is 13.2 Å². The van der Waals surface area contributed by atoms with Crippen LogP contribution in [-0.4, -0.2) is 24.4 Å². The van der Waals surface area contributed by atoms with Crippen molar-refractivity contribution in [2.24, 2.45) is 0 Å². The summed E-state index contributed by atoms with van der Waals surface area (Å²) in [6.07, 6.45) is -5.72. The maximum absolute atomic E-state index is 12.6.